The van der Waals surface area contributed by atoms with Crippen molar-refractivity contribution in [3.05, 3.63) is 29.8 Å². The van der Waals surface area contributed by atoms with E-state index in [4.69, 9.17) is 15.2 Å². The average Bonchev–Trinajstić information content (AvgIpc) is 2.30. The van der Waals surface area contributed by atoms with Crippen LogP contribution in [-0.4, -0.2) is 26.4 Å². The molecule has 0 radical (unpaired) electrons. The summed E-state index contributed by atoms with van der Waals surface area (Å²) in [7, 11) is 0. The summed E-state index contributed by atoms with van der Waals surface area (Å²) in [6.07, 6.45) is 0.858. The molecule has 0 atom stereocenters. The van der Waals surface area contributed by atoms with Crippen LogP contribution >= 0.6 is 0 Å². The summed E-state index contributed by atoms with van der Waals surface area (Å²) in [4.78, 5) is 0. The summed E-state index contributed by atoms with van der Waals surface area (Å²) in [5, 5.41) is 0. The predicted molar refractivity (Wildman–Crippen MR) is 71.0 cm³/mol. The molecular weight excluding hydrogens is 214 g/mol. The van der Waals surface area contributed by atoms with Crippen LogP contribution in [-0.2, 0) is 15.9 Å². The molecule has 0 saturated heterocycles. The number of anilines is 1. The third kappa shape index (κ3) is 6.29. The Balaban J connectivity index is 2.03. The second-order valence-electron chi connectivity index (χ2n) is 4.53. The predicted octanol–water partition coefficient (Wildman–Crippen LogP) is 2.50. The SMILES string of the molecule is CC(C)COCCOCCc1ccccc1N. The molecule has 0 amide bonds. The number of nitrogen functional groups attached to an aromatic ring is 1. The minimum absolute atomic E-state index is 0.583. The smallest absolute Gasteiger partial charge is 0.0700 e. The zero-order valence-corrected chi connectivity index (χ0v) is 10.8. The number of benzene rings is 1. The van der Waals surface area contributed by atoms with Gasteiger partial charge < -0.3 is 15.2 Å². The highest BCUT2D eigenvalue weighted by molar-refractivity contribution is 5.46. The highest BCUT2D eigenvalue weighted by Crippen LogP contribution is 2.10. The van der Waals surface area contributed by atoms with Crippen LogP contribution < -0.4 is 5.73 Å². The van der Waals surface area contributed by atoms with Crippen LogP contribution in [0.2, 0.25) is 0 Å². The molecule has 0 aliphatic carbocycles. The normalized spacial score (nSPS) is 11.0. The second kappa shape index (κ2) is 8.09. The maximum atomic E-state index is 5.84. The number of ether oxygens (including phenoxy) is 2. The molecule has 0 aliphatic rings. The first-order chi connectivity index (χ1) is 8.20. The van der Waals surface area contributed by atoms with E-state index < -0.39 is 0 Å². The lowest BCUT2D eigenvalue weighted by Crippen LogP contribution is -2.10. The van der Waals surface area contributed by atoms with Crippen LogP contribution in [0.3, 0.4) is 0 Å². The van der Waals surface area contributed by atoms with Gasteiger partial charge in [0.25, 0.3) is 0 Å². The van der Waals surface area contributed by atoms with E-state index in [1.54, 1.807) is 0 Å². The standard InChI is InChI=1S/C14H23NO2/c1-12(2)11-17-10-9-16-8-7-13-5-3-4-6-14(13)15/h3-6,12H,7-11,15H2,1-2H3. The summed E-state index contributed by atoms with van der Waals surface area (Å²) in [6, 6.07) is 7.89. The lowest BCUT2D eigenvalue weighted by atomic mass is 10.1. The Labute approximate surface area is 104 Å². The number of para-hydroxylation sites is 1. The van der Waals surface area contributed by atoms with Gasteiger partial charge in [0.15, 0.2) is 0 Å². The highest BCUT2D eigenvalue weighted by atomic mass is 16.5. The number of hydrogen-bond acceptors (Lipinski definition) is 3. The van der Waals surface area contributed by atoms with Crippen LogP contribution in [0.1, 0.15) is 19.4 Å². The van der Waals surface area contributed by atoms with E-state index in [0.29, 0.717) is 25.7 Å². The van der Waals surface area contributed by atoms with Crippen molar-refractivity contribution in [3.8, 4) is 0 Å². The van der Waals surface area contributed by atoms with Crippen molar-refractivity contribution >= 4 is 5.69 Å². The molecule has 0 bridgehead atoms. The Kier molecular flexibility index (Phi) is 6.67. The van der Waals surface area contributed by atoms with E-state index in [0.717, 1.165) is 24.3 Å². The van der Waals surface area contributed by atoms with E-state index in [1.807, 2.05) is 24.3 Å². The van der Waals surface area contributed by atoms with Gasteiger partial charge in [0.1, 0.15) is 0 Å². The van der Waals surface area contributed by atoms with Gasteiger partial charge in [-0.05, 0) is 24.0 Å². The number of nitrogens with two attached hydrogens (primary N) is 1. The maximum Gasteiger partial charge on any atom is 0.0700 e. The van der Waals surface area contributed by atoms with E-state index in [9.17, 15) is 0 Å². The first kappa shape index (κ1) is 14.0. The Bertz CT molecular complexity index is 313. The maximum absolute atomic E-state index is 5.84. The Morgan fingerprint density at radius 3 is 2.47 bits per heavy atom. The van der Waals surface area contributed by atoms with Crippen LogP contribution in [0.15, 0.2) is 24.3 Å². The molecule has 1 aromatic carbocycles. The molecule has 0 fully saturated rings. The lowest BCUT2D eigenvalue weighted by molar-refractivity contribution is 0.0388. The van der Waals surface area contributed by atoms with E-state index in [1.165, 1.54) is 0 Å². The average molecular weight is 237 g/mol. The molecule has 96 valence electrons. The first-order valence-electron chi connectivity index (χ1n) is 6.19. The van der Waals surface area contributed by atoms with Crippen molar-refractivity contribution in [2.24, 2.45) is 5.92 Å². The van der Waals surface area contributed by atoms with Gasteiger partial charge in [-0.25, -0.2) is 0 Å². The van der Waals surface area contributed by atoms with Gasteiger partial charge in [0, 0.05) is 12.3 Å². The third-order valence-corrected chi connectivity index (χ3v) is 2.39. The molecule has 0 aromatic heterocycles. The van der Waals surface area contributed by atoms with Gasteiger partial charge in [-0.15, -0.1) is 0 Å². The molecule has 3 nitrogen and oxygen atoms in total. The summed E-state index contributed by atoms with van der Waals surface area (Å²) in [5.41, 5.74) is 7.82. The number of hydrogen-bond donors (Lipinski definition) is 1. The van der Waals surface area contributed by atoms with E-state index in [-0.39, 0.29) is 0 Å². The minimum Gasteiger partial charge on any atom is -0.399 e. The van der Waals surface area contributed by atoms with Gasteiger partial charge in [0.2, 0.25) is 0 Å². The second-order valence-corrected chi connectivity index (χ2v) is 4.53. The van der Waals surface area contributed by atoms with Crippen LogP contribution in [0.5, 0.6) is 0 Å². The van der Waals surface area contributed by atoms with Crippen LogP contribution in [0.25, 0.3) is 0 Å². The Morgan fingerprint density at radius 1 is 1.06 bits per heavy atom. The molecule has 0 saturated carbocycles. The van der Waals surface area contributed by atoms with Crippen molar-refractivity contribution in [2.75, 3.05) is 32.2 Å². The molecule has 0 heterocycles. The first-order valence-corrected chi connectivity index (χ1v) is 6.19. The fraction of sp³-hybridized carbons (Fsp3) is 0.571. The minimum atomic E-state index is 0.583. The summed E-state index contributed by atoms with van der Waals surface area (Å²) >= 11 is 0. The van der Waals surface area contributed by atoms with Crippen molar-refractivity contribution < 1.29 is 9.47 Å². The molecule has 0 spiro atoms. The fourth-order valence-electron chi connectivity index (χ4n) is 1.48. The lowest BCUT2D eigenvalue weighted by Gasteiger charge is -2.08. The van der Waals surface area contributed by atoms with Crippen LogP contribution in [0.4, 0.5) is 5.69 Å². The third-order valence-electron chi connectivity index (χ3n) is 2.39. The van der Waals surface area contributed by atoms with Crippen molar-refractivity contribution in [1.82, 2.24) is 0 Å². The largest absolute Gasteiger partial charge is 0.399 e. The van der Waals surface area contributed by atoms with E-state index >= 15 is 0 Å². The molecule has 1 aromatic rings. The van der Waals surface area contributed by atoms with Gasteiger partial charge in [-0.2, -0.15) is 0 Å². The molecule has 17 heavy (non-hydrogen) atoms. The van der Waals surface area contributed by atoms with E-state index in [2.05, 4.69) is 13.8 Å². The molecule has 0 aliphatic heterocycles. The zero-order chi connectivity index (χ0) is 12.5. The zero-order valence-electron chi connectivity index (χ0n) is 10.8. The molecule has 0 unspecified atom stereocenters. The monoisotopic (exact) mass is 237 g/mol. The van der Waals surface area contributed by atoms with Gasteiger partial charge in [0.05, 0.1) is 19.8 Å². The van der Waals surface area contributed by atoms with Crippen molar-refractivity contribution in [1.29, 1.82) is 0 Å². The molecule has 1 rings (SSSR count). The van der Waals surface area contributed by atoms with Crippen LogP contribution in [0, 0.1) is 5.92 Å². The quantitative estimate of drug-likeness (QED) is 0.558. The van der Waals surface area contributed by atoms with Gasteiger partial charge >= 0.3 is 0 Å². The van der Waals surface area contributed by atoms with Crippen molar-refractivity contribution in [3.63, 3.8) is 0 Å². The van der Waals surface area contributed by atoms with Crippen molar-refractivity contribution in [2.45, 2.75) is 20.3 Å². The summed E-state index contributed by atoms with van der Waals surface area (Å²) in [5.74, 6) is 0.583. The topological polar surface area (TPSA) is 44.5 Å². The van der Waals surface area contributed by atoms with Gasteiger partial charge in [-0.1, -0.05) is 32.0 Å². The summed E-state index contributed by atoms with van der Waals surface area (Å²) < 4.78 is 10.9. The summed E-state index contributed by atoms with van der Waals surface area (Å²) in [6.45, 7) is 7.09. The Morgan fingerprint density at radius 2 is 1.76 bits per heavy atom. The molecule has 2 N–H and O–H groups in total. The highest BCUT2D eigenvalue weighted by Gasteiger charge is 1.98. The Hall–Kier alpha value is -1.06. The molecule has 3 heteroatoms. The number of rotatable bonds is 8. The fourth-order valence-corrected chi connectivity index (χ4v) is 1.48. The van der Waals surface area contributed by atoms with Gasteiger partial charge in [-0.3, -0.25) is 0 Å². The molecular formula is C14H23NO2.